The maximum atomic E-state index is 13.5. The van der Waals surface area contributed by atoms with Gasteiger partial charge in [-0.15, -0.1) is 0 Å². The third-order valence-corrected chi connectivity index (χ3v) is 5.07. The monoisotopic (exact) mass is 432 g/mol. The van der Waals surface area contributed by atoms with Crippen LogP contribution in [0.15, 0.2) is 53.5 Å². The van der Waals surface area contributed by atoms with E-state index in [2.05, 4.69) is 20.5 Å². The maximum Gasteiger partial charge on any atom is 0.191 e. The van der Waals surface area contributed by atoms with Gasteiger partial charge in [-0.2, -0.15) is 0 Å². The number of ether oxygens (including phenoxy) is 1. The van der Waals surface area contributed by atoms with E-state index in [1.54, 1.807) is 12.1 Å². The number of hydrogen-bond donors (Lipinski definition) is 3. The number of anilines is 1. The molecule has 1 atom stereocenters. The molecule has 0 bridgehead atoms. The molecule has 0 aromatic heterocycles. The van der Waals surface area contributed by atoms with Gasteiger partial charge in [0.25, 0.3) is 0 Å². The van der Waals surface area contributed by atoms with Crippen molar-refractivity contribution >= 4 is 11.6 Å². The lowest BCUT2D eigenvalue weighted by Crippen LogP contribution is -2.49. The van der Waals surface area contributed by atoms with Gasteiger partial charge < -0.3 is 25.4 Å². The zero-order chi connectivity index (χ0) is 22.1. The van der Waals surface area contributed by atoms with Crippen molar-refractivity contribution in [3.63, 3.8) is 0 Å². The van der Waals surface area contributed by atoms with E-state index in [9.17, 15) is 13.9 Å². The van der Waals surface area contributed by atoms with E-state index in [4.69, 9.17) is 4.74 Å². The molecule has 0 saturated carbocycles. The lowest BCUT2D eigenvalue weighted by molar-refractivity contribution is 0.114. The molecule has 6 nitrogen and oxygen atoms in total. The SMILES string of the molecule is CCNC(=NCC(O)COc1ccc(F)cc1)NC1CCN(c2cccc(F)c2)CC1. The van der Waals surface area contributed by atoms with Crippen molar-refractivity contribution in [2.45, 2.75) is 31.9 Å². The average molecular weight is 433 g/mol. The predicted octanol–water partition coefficient (Wildman–Crippen LogP) is 2.93. The quantitative estimate of drug-likeness (QED) is 0.442. The number of guanidine groups is 1. The molecule has 8 heteroatoms. The first-order valence-corrected chi connectivity index (χ1v) is 10.6. The molecule has 1 heterocycles. The predicted molar refractivity (Wildman–Crippen MR) is 119 cm³/mol. The number of rotatable bonds is 8. The van der Waals surface area contributed by atoms with Crippen LogP contribution in [0, 0.1) is 11.6 Å². The minimum absolute atomic E-state index is 0.0700. The Kier molecular flexibility index (Phi) is 8.46. The molecular formula is C23H30F2N4O2. The van der Waals surface area contributed by atoms with Crippen LogP contribution in [0.25, 0.3) is 0 Å². The highest BCUT2D eigenvalue weighted by atomic mass is 19.1. The summed E-state index contributed by atoms with van der Waals surface area (Å²) >= 11 is 0. The van der Waals surface area contributed by atoms with Gasteiger partial charge in [-0.1, -0.05) is 6.07 Å². The Morgan fingerprint density at radius 3 is 2.58 bits per heavy atom. The van der Waals surface area contributed by atoms with Crippen LogP contribution in [0.4, 0.5) is 14.5 Å². The summed E-state index contributed by atoms with van der Waals surface area (Å²) in [5.74, 6) is 0.592. The lowest BCUT2D eigenvalue weighted by atomic mass is 10.0. The molecule has 1 aliphatic rings. The topological polar surface area (TPSA) is 69.1 Å². The number of benzene rings is 2. The zero-order valence-electron chi connectivity index (χ0n) is 17.7. The second-order valence-electron chi connectivity index (χ2n) is 7.52. The summed E-state index contributed by atoms with van der Waals surface area (Å²) in [5.41, 5.74) is 0.906. The first kappa shape index (κ1) is 22.8. The van der Waals surface area contributed by atoms with Crippen LogP contribution < -0.4 is 20.3 Å². The maximum absolute atomic E-state index is 13.5. The highest BCUT2D eigenvalue weighted by Crippen LogP contribution is 2.20. The molecule has 31 heavy (non-hydrogen) atoms. The van der Waals surface area contributed by atoms with Gasteiger partial charge in [0.05, 0.1) is 6.54 Å². The van der Waals surface area contributed by atoms with Crippen LogP contribution in [-0.4, -0.2) is 56.0 Å². The van der Waals surface area contributed by atoms with E-state index in [0.717, 1.165) is 31.6 Å². The number of aliphatic hydroxyl groups is 1. The van der Waals surface area contributed by atoms with Crippen molar-refractivity contribution < 1.29 is 18.6 Å². The molecule has 1 fully saturated rings. The fourth-order valence-electron chi connectivity index (χ4n) is 3.44. The molecule has 0 amide bonds. The zero-order valence-corrected chi connectivity index (χ0v) is 17.7. The van der Waals surface area contributed by atoms with Gasteiger partial charge in [-0.3, -0.25) is 4.99 Å². The summed E-state index contributed by atoms with van der Waals surface area (Å²) in [6.45, 7) is 4.59. The molecule has 1 saturated heterocycles. The first-order chi connectivity index (χ1) is 15.0. The Morgan fingerprint density at radius 2 is 1.90 bits per heavy atom. The minimum Gasteiger partial charge on any atom is -0.491 e. The van der Waals surface area contributed by atoms with E-state index >= 15 is 0 Å². The van der Waals surface area contributed by atoms with Gasteiger partial charge in [0.15, 0.2) is 5.96 Å². The number of nitrogens with zero attached hydrogens (tertiary/aromatic N) is 2. The molecular weight excluding hydrogens is 402 g/mol. The van der Waals surface area contributed by atoms with Crippen LogP contribution in [0.3, 0.4) is 0 Å². The lowest BCUT2D eigenvalue weighted by Gasteiger charge is -2.34. The molecule has 0 aliphatic carbocycles. The summed E-state index contributed by atoms with van der Waals surface area (Å²) in [4.78, 5) is 6.65. The van der Waals surface area contributed by atoms with Gasteiger partial charge in [0.2, 0.25) is 0 Å². The van der Waals surface area contributed by atoms with E-state index in [1.807, 2.05) is 13.0 Å². The molecule has 3 N–H and O–H groups in total. The molecule has 1 unspecified atom stereocenters. The summed E-state index contributed by atoms with van der Waals surface area (Å²) in [5, 5.41) is 16.8. The van der Waals surface area contributed by atoms with E-state index < -0.39 is 6.10 Å². The Balaban J connectivity index is 1.45. The summed E-state index contributed by atoms with van der Waals surface area (Å²) in [6, 6.07) is 12.6. The number of hydrogen-bond acceptors (Lipinski definition) is 4. The van der Waals surface area contributed by atoms with Crippen LogP contribution in [0.2, 0.25) is 0 Å². The second kappa shape index (κ2) is 11.5. The number of aliphatic imine (C=N–C) groups is 1. The summed E-state index contributed by atoms with van der Waals surface area (Å²) in [7, 11) is 0. The van der Waals surface area contributed by atoms with Crippen LogP contribution in [0.5, 0.6) is 5.75 Å². The van der Waals surface area contributed by atoms with Gasteiger partial charge in [-0.25, -0.2) is 8.78 Å². The van der Waals surface area contributed by atoms with Crippen LogP contribution in [-0.2, 0) is 0 Å². The number of halogens is 2. The highest BCUT2D eigenvalue weighted by Gasteiger charge is 2.20. The Hall–Kier alpha value is -2.87. The number of nitrogens with one attached hydrogen (secondary N) is 2. The summed E-state index contributed by atoms with van der Waals surface area (Å²) in [6.07, 6.45) is 1.02. The van der Waals surface area contributed by atoms with E-state index in [0.29, 0.717) is 18.3 Å². The highest BCUT2D eigenvalue weighted by molar-refractivity contribution is 5.80. The number of aliphatic hydroxyl groups excluding tert-OH is 1. The van der Waals surface area contributed by atoms with Gasteiger partial charge in [0, 0.05) is 31.4 Å². The van der Waals surface area contributed by atoms with E-state index in [-0.39, 0.29) is 30.8 Å². The van der Waals surface area contributed by atoms with Crippen molar-refractivity contribution in [1.29, 1.82) is 0 Å². The van der Waals surface area contributed by atoms with Crippen molar-refractivity contribution in [3.05, 3.63) is 60.2 Å². The van der Waals surface area contributed by atoms with Crippen molar-refractivity contribution in [3.8, 4) is 5.75 Å². The average Bonchev–Trinajstić information content (AvgIpc) is 2.78. The smallest absolute Gasteiger partial charge is 0.191 e. The Bertz CT molecular complexity index is 840. The van der Waals surface area contributed by atoms with E-state index in [1.165, 1.54) is 30.3 Å². The third kappa shape index (κ3) is 7.40. The molecule has 2 aromatic carbocycles. The molecule has 1 aliphatic heterocycles. The molecule has 2 aromatic rings. The molecule has 3 rings (SSSR count). The van der Waals surface area contributed by atoms with Crippen LogP contribution in [0.1, 0.15) is 19.8 Å². The fraction of sp³-hybridized carbons (Fsp3) is 0.435. The van der Waals surface area contributed by atoms with Gasteiger partial charge in [0.1, 0.15) is 30.1 Å². The standard InChI is InChI=1S/C23H30F2N4O2/c1-2-26-23(27-15-21(30)16-31-22-8-6-17(24)7-9-22)28-19-10-12-29(13-11-19)20-5-3-4-18(25)14-20/h3-9,14,19,21,30H,2,10-13,15-16H2,1H3,(H2,26,27,28). The van der Waals surface area contributed by atoms with Crippen molar-refractivity contribution in [1.82, 2.24) is 10.6 Å². The van der Waals surface area contributed by atoms with Gasteiger partial charge in [-0.05, 0) is 62.2 Å². The Morgan fingerprint density at radius 1 is 1.16 bits per heavy atom. The molecule has 0 radical (unpaired) electrons. The number of piperidine rings is 1. The molecule has 168 valence electrons. The second-order valence-corrected chi connectivity index (χ2v) is 7.52. The summed E-state index contributed by atoms with van der Waals surface area (Å²) < 4.78 is 31.9. The fourth-order valence-corrected chi connectivity index (χ4v) is 3.44. The third-order valence-electron chi connectivity index (χ3n) is 5.07. The Labute approximate surface area is 181 Å². The molecule has 0 spiro atoms. The van der Waals surface area contributed by atoms with Crippen molar-refractivity contribution in [2.24, 2.45) is 4.99 Å². The van der Waals surface area contributed by atoms with Gasteiger partial charge >= 0.3 is 0 Å². The van der Waals surface area contributed by atoms with Crippen molar-refractivity contribution in [2.75, 3.05) is 37.7 Å². The largest absolute Gasteiger partial charge is 0.491 e. The normalized spacial score (nSPS) is 16.1. The minimum atomic E-state index is -0.782. The first-order valence-electron chi connectivity index (χ1n) is 10.6. The van der Waals surface area contributed by atoms with Crippen LogP contribution >= 0.6 is 0 Å².